The molecule has 0 fully saturated rings. The van der Waals surface area contributed by atoms with E-state index in [9.17, 15) is 9.18 Å². The fourth-order valence-electron chi connectivity index (χ4n) is 2.14. The number of benzene rings is 1. The third kappa shape index (κ3) is 2.99. The highest BCUT2D eigenvalue weighted by atomic mass is 32.1. The van der Waals surface area contributed by atoms with Crippen LogP contribution in [0.4, 0.5) is 9.52 Å². The number of nitrogens with one attached hydrogen (secondary N) is 2. The van der Waals surface area contributed by atoms with Gasteiger partial charge in [-0.05, 0) is 24.1 Å². The van der Waals surface area contributed by atoms with Crippen molar-refractivity contribution in [1.29, 1.82) is 0 Å². The Hall–Kier alpha value is -2.28. The Bertz CT molecular complexity index is 824. The summed E-state index contributed by atoms with van der Waals surface area (Å²) in [6, 6.07) is 6.18. The lowest BCUT2D eigenvalue weighted by Gasteiger charge is -1.98. The molecule has 0 saturated carbocycles. The number of amides is 1. The molecule has 3 aromatic rings. The largest absolute Gasteiger partial charge is 0.350 e. The van der Waals surface area contributed by atoms with Gasteiger partial charge in [-0.25, -0.2) is 4.39 Å². The van der Waals surface area contributed by atoms with Crippen LogP contribution in [0.25, 0.3) is 10.9 Å². The quantitative estimate of drug-likeness (QED) is 0.772. The Kier molecular flexibility index (Phi) is 3.89. The number of anilines is 1. The lowest BCUT2D eigenvalue weighted by molar-refractivity contribution is 0.102. The monoisotopic (exact) mass is 318 g/mol. The van der Waals surface area contributed by atoms with Crippen LogP contribution in [-0.4, -0.2) is 21.1 Å². The van der Waals surface area contributed by atoms with Gasteiger partial charge in [0.05, 0.1) is 0 Å². The van der Waals surface area contributed by atoms with E-state index in [2.05, 4.69) is 34.3 Å². The van der Waals surface area contributed by atoms with Crippen LogP contribution in [0, 0.1) is 11.7 Å². The highest BCUT2D eigenvalue weighted by Gasteiger charge is 2.14. The molecule has 2 N–H and O–H groups in total. The summed E-state index contributed by atoms with van der Waals surface area (Å²) < 4.78 is 13.6. The van der Waals surface area contributed by atoms with Crippen molar-refractivity contribution in [3.63, 3.8) is 0 Å². The fraction of sp³-hybridized carbons (Fsp3) is 0.267. The molecule has 0 aliphatic heterocycles. The summed E-state index contributed by atoms with van der Waals surface area (Å²) in [5.41, 5.74) is 0.878. The van der Waals surface area contributed by atoms with E-state index in [1.54, 1.807) is 12.1 Å². The van der Waals surface area contributed by atoms with Gasteiger partial charge in [-0.2, -0.15) is 0 Å². The zero-order valence-corrected chi connectivity index (χ0v) is 13.0. The zero-order chi connectivity index (χ0) is 15.7. The molecular weight excluding hydrogens is 303 g/mol. The van der Waals surface area contributed by atoms with Gasteiger partial charge in [0.15, 0.2) is 0 Å². The molecule has 1 aromatic carbocycles. The van der Waals surface area contributed by atoms with Crippen LogP contribution in [-0.2, 0) is 6.42 Å². The number of rotatable bonds is 4. The zero-order valence-electron chi connectivity index (χ0n) is 12.2. The number of aromatic nitrogens is 3. The Morgan fingerprint density at radius 3 is 2.95 bits per heavy atom. The summed E-state index contributed by atoms with van der Waals surface area (Å²) in [5, 5.41) is 12.4. The van der Waals surface area contributed by atoms with Gasteiger partial charge in [-0.1, -0.05) is 31.3 Å². The van der Waals surface area contributed by atoms with E-state index >= 15 is 0 Å². The molecule has 0 aliphatic rings. The van der Waals surface area contributed by atoms with E-state index in [4.69, 9.17) is 0 Å². The number of fused-ring (bicyclic) bond motifs is 1. The molecule has 2 heterocycles. The number of halogens is 1. The lowest BCUT2D eigenvalue weighted by atomic mass is 10.1. The van der Waals surface area contributed by atoms with Crippen molar-refractivity contribution in [1.82, 2.24) is 15.2 Å². The fourth-order valence-corrected chi connectivity index (χ4v) is 3.09. The van der Waals surface area contributed by atoms with Gasteiger partial charge in [0.25, 0.3) is 5.91 Å². The summed E-state index contributed by atoms with van der Waals surface area (Å²) in [5.74, 6) is -0.237. The van der Waals surface area contributed by atoms with Crippen LogP contribution in [0.2, 0.25) is 0 Å². The van der Waals surface area contributed by atoms with Crippen LogP contribution >= 0.6 is 11.3 Å². The van der Waals surface area contributed by atoms with Crippen molar-refractivity contribution in [2.75, 3.05) is 5.32 Å². The highest BCUT2D eigenvalue weighted by molar-refractivity contribution is 7.15. The number of nitrogens with zero attached hydrogens (tertiary/aromatic N) is 2. The number of carbonyl (C=O) groups excluding carboxylic acids is 1. The number of aromatic amines is 1. The molecule has 0 atom stereocenters. The summed E-state index contributed by atoms with van der Waals surface area (Å²) in [7, 11) is 0. The first-order valence-electron chi connectivity index (χ1n) is 6.94. The van der Waals surface area contributed by atoms with Gasteiger partial charge in [-0.3, -0.25) is 10.1 Å². The second kappa shape index (κ2) is 5.84. The molecule has 0 unspecified atom stereocenters. The van der Waals surface area contributed by atoms with E-state index in [1.807, 2.05) is 0 Å². The van der Waals surface area contributed by atoms with Gasteiger partial charge in [0.2, 0.25) is 5.13 Å². The molecule has 5 nitrogen and oxygen atoms in total. The van der Waals surface area contributed by atoms with Crippen LogP contribution in [0.15, 0.2) is 24.3 Å². The van der Waals surface area contributed by atoms with E-state index in [0.29, 0.717) is 27.6 Å². The molecular formula is C15H15FN4OS. The van der Waals surface area contributed by atoms with Crippen molar-refractivity contribution in [3.05, 3.63) is 40.8 Å². The Balaban J connectivity index is 1.78. The Morgan fingerprint density at radius 1 is 1.41 bits per heavy atom. The van der Waals surface area contributed by atoms with Gasteiger partial charge >= 0.3 is 0 Å². The predicted octanol–water partition coefficient (Wildman–Crippen LogP) is 3.61. The van der Waals surface area contributed by atoms with Crippen molar-refractivity contribution in [2.24, 2.45) is 5.92 Å². The molecule has 0 bridgehead atoms. The first-order valence-corrected chi connectivity index (χ1v) is 7.75. The van der Waals surface area contributed by atoms with Crippen LogP contribution in [0.5, 0.6) is 0 Å². The van der Waals surface area contributed by atoms with Crippen LogP contribution < -0.4 is 5.32 Å². The van der Waals surface area contributed by atoms with Crippen molar-refractivity contribution in [3.8, 4) is 0 Å². The first kappa shape index (κ1) is 14.6. The predicted molar refractivity (Wildman–Crippen MR) is 84.7 cm³/mol. The number of hydrogen-bond donors (Lipinski definition) is 2. The van der Waals surface area contributed by atoms with Gasteiger partial charge < -0.3 is 4.98 Å². The smallest absolute Gasteiger partial charge is 0.273 e. The molecule has 1 amide bonds. The molecule has 114 valence electrons. The maximum absolute atomic E-state index is 13.6. The van der Waals surface area contributed by atoms with E-state index in [-0.39, 0.29) is 11.7 Å². The minimum atomic E-state index is -0.358. The Labute approximate surface area is 130 Å². The van der Waals surface area contributed by atoms with Gasteiger partial charge in [0, 0.05) is 17.3 Å². The Morgan fingerprint density at radius 2 is 2.23 bits per heavy atom. The van der Waals surface area contributed by atoms with Crippen molar-refractivity contribution < 1.29 is 9.18 Å². The average molecular weight is 318 g/mol. The number of H-pyrrole nitrogens is 1. The second-order valence-corrected chi connectivity index (χ2v) is 6.50. The molecule has 3 rings (SSSR count). The second-order valence-electron chi connectivity index (χ2n) is 5.44. The highest BCUT2D eigenvalue weighted by Crippen LogP contribution is 2.21. The number of hydrogen-bond acceptors (Lipinski definition) is 4. The summed E-state index contributed by atoms with van der Waals surface area (Å²) in [4.78, 5) is 15.1. The minimum absolute atomic E-state index is 0.292. The van der Waals surface area contributed by atoms with E-state index in [0.717, 1.165) is 11.4 Å². The average Bonchev–Trinajstić information content (AvgIpc) is 3.05. The normalized spacial score (nSPS) is 11.3. The maximum Gasteiger partial charge on any atom is 0.273 e. The topological polar surface area (TPSA) is 70.7 Å². The summed E-state index contributed by atoms with van der Waals surface area (Å²) in [6.07, 6.45) is 0.825. The number of carbonyl (C=O) groups is 1. The van der Waals surface area contributed by atoms with Crippen molar-refractivity contribution >= 4 is 33.3 Å². The van der Waals surface area contributed by atoms with E-state index in [1.165, 1.54) is 23.5 Å². The molecule has 0 radical (unpaired) electrons. The maximum atomic E-state index is 13.6. The SMILES string of the molecule is CC(C)Cc1nnc(NC(=O)c2cc3c(F)cccc3[nH]2)s1. The molecule has 2 aromatic heterocycles. The molecule has 0 saturated heterocycles. The summed E-state index contributed by atoms with van der Waals surface area (Å²) >= 11 is 1.35. The van der Waals surface area contributed by atoms with Crippen LogP contribution in [0.1, 0.15) is 29.3 Å². The van der Waals surface area contributed by atoms with Crippen LogP contribution in [0.3, 0.4) is 0 Å². The molecule has 0 aliphatic carbocycles. The third-order valence-corrected chi connectivity index (χ3v) is 3.99. The van der Waals surface area contributed by atoms with Gasteiger partial charge in [-0.15, -0.1) is 10.2 Å². The van der Waals surface area contributed by atoms with E-state index < -0.39 is 0 Å². The summed E-state index contributed by atoms with van der Waals surface area (Å²) in [6.45, 7) is 4.19. The molecule has 0 spiro atoms. The minimum Gasteiger partial charge on any atom is -0.350 e. The first-order chi connectivity index (χ1) is 10.5. The third-order valence-electron chi connectivity index (χ3n) is 3.13. The van der Waals surface area contributed by atoms with Gasteiger partial charge in [0.1, 0.15) is 16.5 Å². The lowest BCUT2D eigenvalue weighted by Crippen LogP contribution is -2.11. The van der Waals surface area contributed by atoms with Crippen molar-refractivity contribution in [2.45, 2.75) is 20.3 Å². The molecule has 7 heteroatoms. The molecule has 22 heavy (non-hydrogen) atoms. The standard InChI is InChI=1S/C15H15FN4OS/c1-8(2)6-13-19-20-15(22-13)18-14(21)12-7-9-10(16)4-3-5-11(9)17-12/h3-5,7-8,17H,6H2,1-2H3,(H,18,20,21).